The number of nitrogens with zero attached hydrogens (tertiary/aromatic N) is 14. The topological polar surface area (TPSA) is 22.7 Å². The second kappa shape index (κ2) is 33.7. The summed E-state index contributed by atoms with van der Waals surface area (Å²) in [6.07, 6.45) is 7.96. The molecule has 0 aliphatic carbocycles. The monoisotopic (exact) mass is 1200 g/mol. The standard InChI is InChI=1S/2C11H25N2.3C10H23N2.2C9H21N2/c1-6-7-11-8-13(4,5)9-12(11)10(2)3;1-6-7-11-8-12(10(2)3)9-13(11,4)5;1-9-7-11(10(2,3)4)8-12(9,5)6;1-6-10-7-12(4,5)8-11(10)9(2)3;1-6-10-7-11(9(2)3)8-12(10,4)5;1-8(2)10-7-11(4,5)6-9(10)3;1-8(2)10-6-9(3)11(4,5)7-10/h2*10-11H,6-9H2,1-5H3;9H,7-8H2,1-6H3;2*9-10H,6-8H2,1-5H3;2*8-9H,6-7H2,1-5H3/q7*+1. The maximum Gasteiger partial charge on any atom is 0.135 e. The second-order valence-corrected chi connectivity index (χ2v) is 35.3. The third-order valence-electron chi connectivity index (χ3n) is 21.0. The van der Waals surface area contributed by atoms with Crippen molar-refractivity contribution >= 4 is 0 Å². The van der Waals surface area contributed by atoms with Gasteiger partial charge in [-0.1, -0.05) is 40.5 Å². The Morgan fingerprint density at radius 3 is 0.952 bits per heavy atom. The zero-order valence-corrected chi connectivity index (χ0v) is 64.4. The van der Waals surface area contributed by atoms with Crippen molar-refractivity contribution in [3.05, 3.63) is 0 Å². The Morgan fingerprint density at radius 2 is 0.702 bits per heavy atom. The minimum Gasteiger partial charge on any atom is -0.315 e. The lowest BCUT2D eigenvalue weighted by Crippen LogP contribution is -2.46. The summed E-state index contributed by atoms with van der Waals surface area (Å²) < 4.78 is 8.13. The fourth-order valence-corrected chi connectivity index (χ4v) is 14.5. The molecule has 7 rings (SSSR count). The largest absolute Gasteiger partial charge is 0.315 e. The maximum absolute atomic E-state index is 2.66. The second-order valence-electron chi connectivity index (χ2n) is 35.3. The Hall–Kier alpha value is -0.560. The molecule has 504 valence electrons. The van der Waals surface area contributed by atoms with Crippen molar-refractivity contribution in [1.29, 1.82) is 0 Å². The van der Waals surface area contributed by atoms with Crippen LogP contribution in [-0.2, 0) is 0 Å². The van der Waals surface area contributed by atoms with Crippen LogP contribution < -0.4 is 0 Å². The first kappa shape index (κ1) is 81.5. The van der Waals surface area contributed by atoms with Crippen LogP contribution in [0.25, 0.3) is 0 Å². The van der Waals surface area contributed by atoms with Crippen molar-refractivity contribution in [2.75, 3.05) is 191 Å². The summed E-state index contributed by atoms with van der Waals surface area (Å²) in [5, 5.41) is 0. The molecule has 0 bridgehead atoms. The fourth-order valence-electron chi connectivity index (χ4n) is 14.5. The van der Waals surface area contributed by atoms with E-state index in [4.69, 9.17) is 0 Å². The van der Waals surface area contributed by atoms with Crippen molar-refractivity contribution in [2.24, 2.45) is 0 Å². The van der Waals surface area contributed by atoms with E-state index in [0.717, 1.165) is 60.2 Å². The van der Waals surface area contributed by atoms with Gasteiger partial charge in [0.1, 0.15) is 58.8 Å². The van der Waals surface area contributed by atoms with E-state index in [1.54, 1.807) is 0 Å². The summed E-state index contributed by atoms with van der Waals surface area (Å²) in [6.45, 7) is 68.1. The summed E-state index contributed by atoms with van der Waals surface area (Å²) in [5.74, 6) is 0. The van der Waals surface area contributed by atoms with E-state index >= 15 is 0 Å². The molecule has 7 saturated heterocycles. The molecule has 0 aromatic heterocycles. The number of hydrogen-bond acceptors (Lipinski definition) is 7. The highest BCUT2D eigenvalue weighted by Gasteiger charge is 2.44. The number of hydrogen-bond donors (Lipinski definition) is 0. The van der Waals surface area contributed by atoms with Crippen LogP contribution in [0.1, 0.15) is 191 Å². The summed E-state index contributed by atoms with van der Waals surface area (Å²) in [5.41, 5.74) is 0.334. The SMILES string of the molecule is CC(C)N1CC(C)[N+](C)(C)C1.CC(C)N1C[N+](C)(C)CC1C.CC1CN(C(C)(C)C)C[N+]1(C)C.CCC1CN(C(C)C)C[N+]1(C)C.CCC1C[N+](C)(C)CN1C(C)C.CCCC1CN(C(C)C)C[N+]1(C)C.CCCC1C[N+](C)(C)CN1C(C)C. The number of likely N-dealkylation sites (N-methyl/N-ethyl adjacent to an activating group) is 7. The van der Waals surface area contributed by atoms with Gasteiger partial charge in [-0.3, -0.25) is 0 Å². The fraction of sp³-hybridized carbons (Fsp3) is 1.00. The molecule has 14 nitrogen and oxygen atoms in total. The van der Waals surface area contributed by atoms with Crippen LogP contribution in [0.15, 0.2) is 0 Å². The van der Waals surface area contributed by atoms with Gasteiger partial charge in [0, 0.05) is 48.2 Å². The van der Waals surface area contributed by atoms with Gasteiger partial charge in [0.25, 0.3) is 0 Å². The molecule has 7 aliphatic rings. The van der Waals surface area contributed by atoms with Crippen molar-refractivity contribution in [2.45, 2.75) is 275 Å². The first-order chi connectivity index (χ1) is 37.9. The number of rotatable bonds is 12. The molecule has 7 fully saturated rings. The van der Waals surface area contributed by atoms with Crippen molar-refractivity contribution in [1.82, 2.24) is 34.3 Å². The molecule has 14 heteroatoms. The van der Waals surface area contributed by atoms with Crippen LogP contribution in [-0.4, -0.2) is 341 Å². The van der Waals surface area contributed by atoms with Crippen molar-refractivity contribution in [3.63, 3.8) is 0 Å². The average molecular weight is 1200 g/mol. The molecule has 0 aromatic carbocycles. The average Bonchev–Trinajstić information content (AvgIpc) is 4.31. The molecular weight excluding hydrogens is 1040 g/mol. The zero-order valence-electron chi connectivity index (χ0n) is 64.4. The lowest BCUT2D eigenvalue weighted by Gasteiger charge is -2.32. The third-order valence-corrected chi connectivity index (χ3v) is 21.0. The Balaban J connectivity index is 0.000000490. The first-order valence-electron chi connectivity index (χ1n) is 35.0. The van der Waals surface area contributed by atoms with Crippen LogP contribution in [0.4, 0.5) is 0 Å². The maximum atomic E-state index is 2.66. The van der Waals surface area contributed by atoms with Crippen LogP contribution in [0.2, 0.25) is 0 Å². The Bertz CT molecular complexity index is 1790. The van der Waals surface area contributed by atoms with E-state index in [-0.39, 0.29) is 0 Å². The Kier molecular flexibility index (Phi) is 32.6. The van der Waals surface area contributed by atoms with Gasteiger partial charge in [-0.2, -0.15) is 0 Å². The predicted octanol–water partition coefficient (Wildman–Crippen LogP) is 10.7. The molecule has 0 spiro atoms. The van der Waals surface area contributed by atoms with E-state index in [2.05, 4.69) is 285 Å². The third kappa shape index (κ3) is 26.3. The van der Waals surface area contributed by atoms with Crippen LogP contribution in [0, 0.1) is 0 Å². The highest BCUT2D eigenvalue weighted by Crippen LogP contribution is 2.28. The Labute approximate surface area is 529 Å². The molecule has 0 amide bonds. The van der Waals surface area contributed by atoms with Crippen LogP contribution in [0.3, 0.4) is 0 Å². The Morgan fingerprint density at radius 1 is 0.357 bits per heavy atom. The van der Waals surface area contributed by atoms with Gasteiger partial charge in [0.2, 0.25) is 0 Å². The van der Waals surface area contributed by atoms with Gasteiger partial charge in [-0.15, -0.1) is 0 Å². The predicted molar refractivity (Wildman–Crippen MR) is 370 cm³/mol. The quantitative estimate of drug-likeness (QED) is 0.179. The van der Waals surface area contributed by atoms with Crippen LogP contribution in [0.5, 0.6) is 0 Å². The van der Waals surface area contributed by atoms with Gasteiger partial charge in [0.05, 0.1) is 175 Å². The van der Waals surface area contributed by atoms with E-state index in [0.29, 0.717) is 41.8 Å². The minimum atomic E-state index is 0.334. The summed E-state index contributed by atoms with van der Waals surface area (Å²) in [4.78, 5) is 18.1. The minimum absolute atomic E-state index is 0.334. The number of quaternary nitrogens is 7. The zero-order chi connectivity index (χ0) is 65.7. The summed E-state index contributed by atoms with van der Waals surface area (Å²) in [6, 6.07) is 9.86. The highest BCUT2D eigenvalue weighted by molar-refractivity contribution is 4.81. The highest BCUT2D eigenvalue weighted by atomic mass is 15.5. The molecule has 7 aliphatic heterocycles. The molecular formula is C70H161N14+7. The molecule has 0 radical (unpaired) electrons. The van der Waals surface area contributed by atoms with Crippen molar-refractivity contribution in [3.8, 4) is 0 Å². The molecule has 7 heterocycles. The summed E-state index contributed by atoms with van der Waals surface area (Å²) in [7, 11) is 32.6. The molecule has 0 aromatic rings. The lowest BCUT2D eigenvalue weighted by molar-refractivity contribution is -0.906. The van der Waals surface area contributed by atoms with E-state index in [1.165, 1.54) is 144 Å². The molecule has 84 heavy (non-hydrogen) atoms. The van der Waals surface area contributed by atoms with Gasteiger partial charge in [-0.05, 0) is 144 Å². The normalized spacial score (nSPS) is 30.1. The summed E-state index contributed by atoms with van der Waals surface area (Å²) >= 11 is 0. The molecule has 7 unspecified atom stereocenters. The van der Waals surface area contributed by atoms with Crippen LogP contribution >= 0.6 is 0 Å². The van der Waals surface area contributed by atoms with E-state index in [1.807, 2.05) is 0 Å². The van der Waals surface area contributed by atoms with Gasteiger partial charge in [0.15, 0.2) is 0 Å². The molecule has 7 atom stereocenters. The van der Waals surface area contributed by atoms with Gasteiger partial charge in [-0.25, -0.2) is 34.3 Å². The van der Waals surface area contributed by atoms with Gasteiger partial charge >= 0.3 is 0 Å². The molecule has 0 saturated carbocycles. The smallest absolute Gasteiger partial charge is 0.135 e. The first-order valence-corrected chi connectivity index (χ1v) is 35.0. The van der Waals surface area contributed by atoms with Gasteiger partial charge < -0.3 is 31.4 Å². The molecule has 0 N–H and O–H groups in total. The van der Waals surface area contributed by atoms with E-state index < -0.39 is 0 Å². The van der Waals surface area contributed by atoms with Crippen molar-refractivity contribution < 1.29 is 31.4 Å². The lowest BCUT2D eigenvalue weighted by atomic mass is 10.1. The van der Waals surface area contributed by atoms with E-state index in [9.17, 15) is 0 Å².